The van der Waals surface area contributed by atoms with Crippen molar-refractivity contribution in [3.8, 4) is 5.75 Å². The van der Waals surface area contributed by atoms with E-state index in [1.807, 2.05) is 54.3 Å². The van der Waals surface area contributed by atoms with Crippen molar-refractivity contribution in [1.82, 2.24) is 4.90 Å². The number of methoxy groups -OCH3 is 1. The van der Waals surface area contributed by atoms with Crippen molar-refractivity contribution in [1.29, 1.82) is 0 Å². The van der Waals surface area contributed by atoms with Gasteiger partial charge in [-0.25, -0.2) is 4.79 Å². The van der Waals surface area contributed by atoms with Gasteiger partial charge in [0, 0.05) is 19.6 Å². The monoisotopic (exact) mass is 471 g/mol. The SMILES string of the molecule is COc1ccc(CC(=O)Nc2cc(C)ccc2N2CCCN(Cc3ccc(C)c(C)c3)C2=O)cc1. The maximum absolute atomic E-state index is 13.5. The molecule has 1 saturated heterocycles. The molecule has 0 atom stereocenters. The number of benzene rings is 3. The minimum atomic E-state index is -0.126. The first kappa shape index (κ1) is 24.3. The maximum Gasteiger partial charge on any atom is 0.324 e. The molecule has 35 heavy (non-hydrogen) atoms. The lowest BCUT2D eigenvalue weighted by Gasteiger charge is -2.36. The second-order valence-electron chi connectivity index (χ2n) is 9.22. The number of carbonyl (C=O) groups excluding carboxylic acids is 2. The fourth-order valence-corrected chi connectivity index (χ4v) is 4.38. The van der Waals surface area contributed by atoms with Crippen molar-refractivity contribution >= 4 is 23.3 Å². The Morgan fingerprint density at radius 1 is 0.914 bits per heavy atom. The summed E-state index contributed by atoms with van der Waals surface area (Å²) in [5.74, 6) is 0.627. The van der Waals surface area contributed by atoms with E-state index in [0.29, 0.717) is 25.3 Å². The highest BCUT2D eigenvalue weighted by atomic mass is 16.5. The van der Waals surface area contributed by atoms with Crippen molar-refractivity contribution in [3.63, 3.8) is 0 Å². The summed E-state index contributed by atoms with van der Waals surface area (Å²) in [7, 11) is 1.62. The van der Waals surface area contributed by atoms with Gasteiger partial charge in [0.05, 0.1) is 24.9 Å². The number of ether oxygens (including phenoxy) is 1. The molecule has 6 nitrogen and oxygen atoms in total. The van der Waals surface area contributed by atoms with E-state index in [9.17, 15) is 9.59 Å². The van der Waals surface area contributed by atoms with Crippen LogP contribution < -0.4 is 15.0 Å². The molecule has 3 aromatic carbocycles. The number of hydrogen-bond acceptors (Lipinski definition) is 3. The van der Waals surface area contributed by atoms with E-state index in [4.69, 9.17) is 4.74 Å². The zero-order chi connectivity index (χ0) is 24.9. The Balaban J connectivity index is 1.51. The third-order valence-electron chi connectivity index (χ3n) is 6.50. The molecule has 1 N–H and O–H groups in total. The maximum atomic E-state index is 13.5. The number of rotatable bonds is 7. The van der Waals surface area contributed by atoms with Crippen LogP contribution in [0, 0.1) is 20.8 Å². The molecule has 0 saturated carbocycles. The molecule has 0 aliphatic carbocycles. The van der Waals surface area contributed by atoms with E-state index in [-0.39, 0.29) is 18.4 Å². The van der Waals surface area contributed by atoms with E-state index < -0.39 is 0 Å². The Hall–Kier alpha value is -3.80. The Kier molecular flexibility index (Phi) is 7.39. The molecule has 182 valence electrons. The molecule has 0 spiro atoms. The molecule has 1 heterocycles. The number of anilines is 2. The van der Waals surface area contributed by atoms with Gasteiger partial charge in [0.2, 0.25) is 5.91 Å². The number of aryl methyl sites for hydroxylation is 3. The van der Waals surface area contributed by atoms with Crippen molar-refractivity contribution in [3.05, 3.63) is 88.5 Å². The van der Waals surface area contributed by atoms with Gasteiger partial charge in [-0.2, -0.15) is 0 Å². The average molecular weight is 472 g/mol. The van der Waals surface area contributed by atoms with Crippen molar-refractivity contribution in [2.24, 2.45) is 0 Å². The number of carbonyl (C=O) groups is 2. The van der Waals surface area contributed by atoms with Crippen LogP contribution in [-0.4, -0.2) is 37.0 Å². The Morgan fingerprint density at radius 2 is 1.66 bits per heavy atom. The normalized spacial score (nSPS) is 13.7. The lowest BCUT2D eigenvalue weighted by atomic mass is 10.1. The molecule has 3 aromatic rings. The Labute approximate surface area is 207 Å². The number of nitrogens with zero attached hydrogens (tertiary/aromatic N) is 2. The van der Waals surface area contributed by atoms with Crippen molar-refractivity contribution < 1.29 is 14.3 Å². The molecular formula is C29H33N3O3. The average Bonchev–Trinajstić information content (AvgIpc) is 2.84. The Morgan fingerprint density at radius 3 is 2.37 bits per heavy atom. The van der Waals surface area contributed by atoms with E-state index in [1.165, 1.54) is 11.1 Å². The second kappa shape index (κ2) is 10.6. The molecule has 1 fully saturated rings. The number of amides is 3. The molecule has 4 rings (SSSR count). The molecular weight excluding hydrogens is 438 g/mol. The lowest BCUT2D eigenvalue weighted by molar-refractivity contribution is -0.115. The molecule has 6 heteroatoms. The van der Waals surface area contributed by atoms with Gasteiger partial charge < -0.3 is 15.0 Å². The first-order valence-corrected chi connectivity index (χ1v) is 12.0. The van der Waals surface area contributed by atoms with E-state index >= 15 is 0 Å². The summed E-state index contributed by atoms with van der Waals surface area (Å²) in [5.41, 5.74) is 6.90. The largest absolute Gasteiger partial charge is 0.497 e. The number of nitrogens with one attached hydrogen (secondary N) is 1. The third-order valence-corrected chi connectivity index (χ3v) is 6.50. The van der Waals surface area contributed by atoms with E-state index in [0.717, 1.165) is 34.5 Å². The van der Waals surface area contributed by atoms with Crippen LogP contribution in [0.3, 0.4) is 0 Å². The van der Waals surface area contributed by atoms with Crippen LogP contribution in [0.15, 0.2) is 60.7 Å². The summed E-state index contributed by atoms with van der Waals surface area (Å²) in [6.45, 7) is 8.07. The van der Waals surface area contributed by atoms with Crippen LogP contribution >= 0.6 is 0 Å². The minimum Gasteiger partial charge on any atom is -0.497 e. The van der Waals surface area contributed by atoms with Crippen molar-refractivity contribution in [2.75, 3.05) is 30.4 Å². The van der Waals surface area contributed by atoms with Crippen LogP contribution in [0.5, 0.6) is 5.75 Å². The second-order valence-corrected chi connectivity index (χ2v) is 9.22. The molecule has 1 aliphatic rings. The zero-order valence-corrected chi connectivity index (χ0v) is 20.9. The van der Waals surface area contributed by atoms with Gasteiger partial charge >= 0.3 is 6.03 Å². The standard InChI is InChI=1S/C29H33N3O3/c1-20-6-13-27(26(16-20)30-28(33)18-23-9-11-25(35-4)12-10-23)32-15-5-14-31(29(32)34)19-24-8-7-21(2)22(3)17-24/h6-13,16-17H,5,14-15,18-19H2,1-4H3,(H,30,33). The highest BCUT2D eigenvalue weighted by molar-refractivity contribution is 6.01. The first-order chi connectivity index (χ1) is 16.8. The minimum absolute atomic E-state index is 0.0380. The number of urea groups is 1. The summed E-state index contributed by atoms with van der Waals surface area (Å²) in [5, 5.41) is 3.04. The van der Waals surface area contributed by atoms with E-state index in [2.05, 4.69) is 37.4 Å². The van der Waals surface area contributed by atoms with Crippen LogP contribution in [0.2, 0.25) is 0 Å². The smallest absolute Gasteiger partial charge is 0.324 e. The predicted octanol–water partition coefficient (Wildman–Crippen LogP) is 5.63. The summed E-state index contributed by atoms with van der Waals surface area (Å²) < 4.78 is 5.19. The van der Waals surface area contributed by atoms with Gasteiger partial charge in [0.25, 0.3) is 0 Å². The van der Waals surface area contributed by atoms with Gasteiger partial charge in [-0.1, -0.05) is 36.4 Å². The molecule has 3 amide bonds. The van der Waals surface area contributed by atoms with Crippen LogP contribution in [0.25, 0.3) is 0 Å². The molecule has 1 aliphatic heterocycles. The van der Waals surface area contributed by atoms with Gasteiger partial charge in [0.1, 0.15) is 5.75 Å². The van der Waals surface area contributed by atoms with Crippen LogP contribution in [0.1, 0.15) is 34.2 Å². The number of hydrogen-bond donors (Lipinski definition) is 1. The molecule has 0 aromatic heterocycles. The highest BCUT2D eigenvalue weighted by Crippen LogP contribution is 2.31. The zero-order valence-electron chi connectivity index (χ0n) is 20.9. The van der Waals surface area contributed by atoms with Gasteiger partial charge in [0.15, 0.2) is 0 Å². The fraction of sp³-hybridized carbons (Fsp3) is 0.310. The van der Waals surface area contributed by atoms with Crippen molar-refractivity contribution in [2.45, 2.75) is 40.2 Å². The molecule has 0 radical (unpaired) electrons. The van der Waals surface area contributed by atoms with Gasteiger partial charge in [-0.15, -0.1) is 0 Å². The lowest BCUT2D eigenvalue weighted by Crippen LogP contribution is -2.49. The summed E-state index contributed by atoms with van der Waals surface area (Å²) in [6.07, 6.45) is 1.11. The first-order valence-electron chi connectivity index (χ1n) is 12.0. The summed E-state index contributed by atoms with van der Waals surface area (Å²) >= 11 is 0. The highest BCUT2D eigenvalue weighted by Gasteiger charge is 2.28. The van der Waals surface area contributed by atoms with Gasteiger partial charge in [-0.05, 0) is 79.3 Å². The van der Waals surface area contributed by atoms with Crippen LogP contribution in [-0.2, 0) is 17.8 Å². The van der Waals surface area contributed by atoms with Gasteiger partial charge in [-0.3, -0.25) is 9.69 Å². The molecule has 0 bridgehead atoms. The Bertz CT molecular complexity index is 1220. The van der Waals surface area contributed by atoms with E-state index in [1.54, 1.807) is 12.0 Å². The predicted molar refractivity (Wildman–Crippen MR) is 140 cm³/mol. The summed E-state index contributed by atoms with van der Waals surface area (Å²) in [4.78, 5) is 30.0. The quantitative estimate of drug-likeness (QED) is 0.486. The fourth-order valence-electron chi connectivity index (χ4n) is 4.38. The molecule has 0 unspecified atom stereocenters. The topological polar surface area (TPSA) is 61.9 Å². The third kappa shape index (κ3) is 5.83. The van der Waals surface area contributed by atoms with Crippen LogP contribution in [0.4, 0.5) is 16.2 Å². The summed E-state index contributed by atoms with van der Waals surface area (Å²) in [6, 6.07) is 19.6.